The Kier molecular flexibility index (Phi) is 7.28. The summed E-state index contributed by atoms with van der Waals surface area (Å²) in [5.74, 6) is 0. The fourth-order valence-corrected chi connectivity index (χ4v) is 8.47. The predicted octanol–water partition coefficient (Wildman–Crippen LogP) is 15.2. The third kappa shape index (κ3) is 4.74. The smallest absolute Gasteiger partial charge is 0.144 e. The summed E-state index contributed by atoms with van der Waals surface area (Å²) in [4.78, 5) is 0. The first-order valence-corrected chi connectivity index (χ1v) is 18.4. The van der Waals surface area contributed by atoms with Crippen LogP contribution in [-0.2, 0) is 0 Å². The predicted molar refractivity (Wildman–Crippen MR) is 231 cm³/mol. The third-order valence-electron chi connectivity index (χ3n) is 11.1. The average Bonchev–Trinajstić information content (AvgIpc) is 3.79. The number of furan rings is 2. The molecule has 0 aliphatic carbocycles. The van der Waals surface area contributed by atoms with Crippen LogP contribution in [-0.4, -0.2) is 0 Å². The molecule has 0 aliphatic rings. The van der Waals surface area contributed by atoms with E-state index >= 15 is 0 Å². The number of para-hydroxylation sites is 1. The second-order valence-electron chi connectivity index (χ2n) is 14.1. The molecular formula is C52H36O2. The van der Waals surface area contributed by atoms with E-state index in [1.807, 2.05) is 25.1 Å². The maximum Gasteiger partial charge on any atom is 0.144 e. The molecule has 0 spiro atoms. The van der Waals surface area contributed by atoms with Crippen LogP contribution in [0.25, 0.3) is 98.5 Å². The molecule has 2 nitrogen and oxygen atoms in total. The van der Waals surface area contributed by atoms with Crippen LogP contribution < -0.4 is 0 Å². The Balaban J connectivity index is 1.20. The van der Waals surface area contributed by atoms with Gasteiger partial charge in [0.2, 0.25) is 0 Å². The monoisotopic (exact) mass is 692 g/mol. The van der Waals surface area contributed by atoms with Gasteiger partial charge in [0.15, 0.2) is 0 Å². The zero-order chi connectivity index (χ0) is 36.5. The summed E-state index contributed by atoms with van der Waals surface area (Å²) in [6.45, 7) is 13.5. The maximum absolute atomic E-state index is 6.76. The lowest BCUT2D eigenvalue weighted by Gasteiger charge is -2.21. The van der Waals surface area contributed by atoms with E-state index in [4.69, 9.17) is 15.4 Å². The van der Waals surface area contributed by atoms with Gasteiger partial charge in [-0.1, -0.05) is 141 Å². The van der Waals surface area contributed by atoms with Gasteiger partial charge in [-0.3, -0.25) is 0 Å². The largest absolute Gasteiger partial charge is 0.456 e. The van der Waals surface area contributed by atoms with Crippen LogP contribution in [0.15, 0.2) is 185 Å². The zero-order valence-electron chi connectivity index (χ0n) is 30.2. The minimum Gasteiger partial charge on any atom is -0.456 e. The van der Waals surface area contributed by atoms with Crippen molar-refractivity contribution < 1.29 is 8.83 Å². The van der Waals surface area contributed by atoms with Crippen molar-refractivity contribution in [1.29, 1.82) is 0 Å². The highest BCUT2D eigenvalue weighted by atomic mass is 16.3. The van der Waals surface area contributed by atoms with Crippen molar-refractivity contribution in [3.8, 4) is 11.1 Å². The molecular weight excluding hydrogens is 657 g/mol. The molecule has 0 saturated heterocycles. The number of fused-ring (bicyclic) bond motifs is 11. The first-order valence-electron chi connectivity index (χ1n) is 18.4. The Bertz CT molecular complexity index is 3210. The number of allylic oxidation sites excluding steroid dienone is 5. The van der Waals surface area contributed by atoms with Gasteiger partial charge >= 0.3 is 0 Å². The number of benzene rings is 8. The Morgan fingerprint density at radius 2 is 1.15 bits per heavy atom. The van der Waals surface area contributed by atoms with Gasteiger partial charge in [0.1, 0.15) is 22.3 Å². The van der Waals surface area contributed by atoms with E-state index in [1.165, 1.54) is 16.3 Å². The number of hydrogen-bond donors (Lipinski definition) is 0. The van der Waals surface area contributed by atoms with Crippen molar-refractivity contribution in [3.05, 3.63) is 193 Å². The molecule has 0 bridgehead atoms. The van der Waals surface area contributed by atoms with Crippen LogP contribution in [0.3, 0.4) is 0 Å². The molecule has 0 aliphatic heterocycles. The molecule has 256 valence electrons. The third-order valence-corrected chi connectivity index (χ3v) is 11.1. The normalized spacial score (nSPS) is 12.4. The Morgan fingerprint density at radius 3 is 1.89 bits per heavy atom. The van der Waals surface area contributed by atoms with E-state index < -0.39 is 0 Å². The molecule has 2 heteroatoms. The summed E-state index contributed by atoms with van der Waals surface area (Å²) < 4.78 is 13.0. The molecule has 10 aromatic rings. The van der Waals surface area contributed by atoms with Crippen molar-refractivity contribution in [1.82, 2.24) is 0 Å². The standard InChI is InChI=1S/C52H36O2/c1-5-6-15-31(2)32(3)36-16-7-8-17-37(36)33(4)48-38-18-9-11-20-40(38)49(41-21-12-10-19-39(41)48)35-26-28-46-44(30-35)42-27-24-34-25-29-47-51(50(34)52(42)54-46)43-22-13-14-23-45(43)53-47/h5-30H,3-4H2,1-2H3/b6-5-,31-15+. The van der Waals surface area contributed by atoms with E-state index in [-0.39, 0.29) is 0 Å². The van der Waals surface area contributed by atoms with Crippen molar-refractivity contribution in [2.75, 3.05) is 0 Å². The molecule has 2 heterocycles. The Labute approximate surface area is 313 Å². The van der Waals surface area contributed by atoms with Crippen molar-refractivity contribution in [2.24, 2.45) is 0 Å². The highest BCUT2D eigenvalue weighted by Crippen LogP contribution is 2.46. The van der Waals surface area contributed by atoms with E-state index in [0.29, 0.717) is 0 Å². The molecule has 10 rings (SSSR count). The fraction of sp³-hybridized carbons (Fsp3) is 0.0385. The van der Waals surface area contributed by atoms with Crippen molar-refractivity contribution >= 4 is 87.3 Å². The molecule has 54 heavy (non-hydrogen) atoms. The van der Waals surface area contributed by atoms with E-state index in [0.717, 1.165) is 104 Å². The summed E-state index contributed by atoms with van der Waals surface area (Å²) in [5, 5.41) is 11.3. The van der Waals surface area contributed by atoms with Gasteiger partial charge in [0.25, 0.3) is 0 Å². The van der Waals surface area contributed by atoms with E-state index in [9.17, 15) is 0 Å². The summed E-state index contributed by atoms with van der Waals surface area (Å²) in [5.41, 5.74) is 12.2. The van der Waals surface area contributed by atoms with Crippen LogP contribution in [0.5, 0.6) is 0 Å². The topological polar surface area (TPSA) is 26.3 Å². The second kappa shape index (κ2) is 12.4. The molecule has 0 atom stereocenters. The van der Waals surface area contributed by atoms with Crippen molar-refractivity contribution in [2.45, 2.75) is 13.8 Å². The van der Waals surface area contributed by atoms with Crippen LogP contribution >= 0.6 is 0 Å². The maximum atomic E-state index is 6.76. The van der Waals surface area contributed by atoms with Gasteiger partial charge in [-0.05, 0) is 116 Å². The van der Waals surface area contributed by atoms with Gasteiger partial charge in [-0.25, -0.2) is 0 Å². The van der Waals surface area contributed by atoms with Crippen LogP contribution in [0, 0.1) is 0 Å². The minimum absolute atomic E-state index is 0.861. The molecule has 8 aromatic carbocycles. The van der Waals surface area contributed by atoms with Crippen LogP contribution in [0.1, 0.15) is 30.5 Å². The minimum atomic E-state index is 0.861. The molecule has 0 fully saturated rings. The molecule has 2 aromatic heterocycles. The fourth-order valence-electron chi connectivity index (χ4n) is 8.47. The summed E-state index contributed by atoms with van der Waals surface area (Å²) in [6.07, 6.45) is 6.21. The lowest BCUT2D eigenvalue weighted by atomic mass is 9.82. The van der Waals surface area contributed by atoms with Crippen LogP contribution in [0.2, 0.25) is 0 Å². The summed E-state index contributed by atoms with van der Waals surface area (Å²) in [7, 11) is 0. The average molecular weight is 693 g/mol. The Hall–Kier alpha value is -6.90. The zero-order valence-corrected chi connectivity index (χ0v) is 30.2. The summed E-state index contributed by atoms with van der Waals surface area (Å²) >= 11 is 0. The number of hydrogen-bond acceptors (Lipinski definition) is 2. The van der Waals surface area contributed by atoms with E-state index in [2.05, 4.69) is 153 Å². The molecule has 0 unspecified atom stereocenters. The SMILES string of the molecule is C=C(/C(C)=C/C=C\C)c1ccccc1C(=C)c1c2ccccc2c(-c2ccc3oc4c(ccc5ccc6oc7ccccc7c6c54)c3c2)c2ccccc12. The van der Waals surface area contributed by atoms with Gasteiger partial charge in [-0.2, -0.15) is 0 Å². The Morgan fingerprint density at radius 1 is 0.537 bits per heavy atom. The summed E-state index contributed by atoms with van der Waals surface area (Å²) in [6, 6.07) is 49.5. The lowest BCUT2D eigenvalue weighted by Crippen LogP contribution is -1.98. The van der Waals surface area contributed by atoms with Crippen molar-refractivity contribution in [3.63, 3.8) is 0 Å². The first-order chi connectivity index (χ1) is 26.5. The second-order valence-corrected chi connectivity index (χ2v) is 14.1. The number of rotatable bonds is 6. The first kappa shape index (κ1) is 31.8. The van der Waals surface area contributed by atoms with Gasteiger partial charge in [-0.15, -0.1) is 0 Å². The van der Waals surface area contributed by atoms with E-state index in [1.54, 1.807) is 0 Å². The molecule has 0 saturated carbocycles. The quantitative estimate of drug-likeness (QED) is 0.128. The van der Waals surface area contributed by atoms with Gasteiger partial charge in [0.05, 0.1) is 0 Å². The van der Waals surface area contributed by atoms with Gasteiger partial charge < -0.3 is 8.83 Å². The highest BCUT2D eigenvalue weighted by Gasteiger charge is 2.22. The highest BCUT2D eigenvalue weighted by molar-refractivity contribution is 6.28. The molecule has 0 amide bonds. The van der Waals surface area contributed by atoms with Crippen LogP contribution in [0.4, 0.5) is 0 Å². The molecule has 0 N–H and O–H groups in total. The lowest BCUT2D eigenvalue weighted by molar-refractivity contribution is 0.668. The molecule has 0 radical (unpaired) electrons. The van der Waals surface area contributed by atoms with Gasteiger partial charge in [0, 0.05) is 26.9 Å².